The third-order valence-electron chi connectivity index (χ3n) is 3.01. The van der Waals surface area contributed by atoms with E-state index in [0.29, 0.717) is 24.3 Å². The highest BCUT2D eigenvalue weighted by Crippen LogP contribution is 2.42. The smallest absolute Gasteiger partial charge is 0.147 e. The first-order valence-corrected chi connectivity index (χ1v) is 4.94. The van der Waals surface area contributed by atoms with Crippen LogP contribution in [-0.2, 0) is 5.60 Å². The van der Waals surface area contributed by atoms with E-state index >= 15 is 0 Å². The van der Waals surface area contributed by atoms with Crippen LogP contribution in [0.3, 0.4) is 0 Å². The summed E-state index contributed by atoms with van der Waals surface area (Å²) in [5.41, 5.74) is -0.566. The van der Waals surface area contributed by atoms with Crippen LogP contribution in [0.4, 0.5) is 4.39 Å². The molecule has 1 heterocycles. The molecule has 1 saturated carbocycles. The van der Waals surface area contributed by atoms with E-state index in [4.69, 9.17) is 0 Å². The zero-order chi connectivity index (χ0) is 10.2. The van der Waals surface area contributed by atoms with Gasteiger partial charge < -0.3 is 5.11 Å². The van der Waals surface area contributed by atoms with Gasteiger partial charge in [0.15, 0.2) is 0 Å². The SMILES string of the molecule is CC1CCC(O)(c2ccncc2F)C1. The molecule has 1 aromatic heterocycles. The lowest BCUT2D eigenvalue weighted by molar-refractivity contribution is 0.0370. The van der Waals surface area contributed by atoms with Crippen LogP contribution in [0.1, 0.15) is 31.7 Å². The standard InChI is InChI=1S/C11H14FNO/c1-8-2-4-11(14,6-8)9-3-5-13-7-10(9)12/h3,5,7-8,14H,2,4,6H2,1H3. The maximum Gasteiger partial charge on any atom is 0.147 e. The van der Waals surface area contributed by atoms with Gasteiger partial charge in [0.25, 0.3) is 0 Å². The summed E-state index contributed by atoms with van der Waals surface area (Å²) in [4.78, 5) is 3.68. The number of halogens is 1. The monoisotopic (exact) mass is 195 g/mol. The van der Waals surface area contributed by atoms with Crippen molar-refractivity contribution in [2.75, 3.05) is 0 Å². The van der Waals surface area contributed by atoms with Crippen molar-refractivity contribution in [1.82, 2.24) is 4.98 Å². The van der Waals surface area contributed by atoms with Crippen molar-refractivity contribution in [2.45, 2.75) is 31.8 Å². The second-order valence-electron chi connectivity index (χ2n) is 4.24. The Kier molecular flexibility index (Phi) is 2.27. The van der Waals surface area contributed by atoms with Crippen molar-refractivity contribution in [3.8, 4) is 0 Å². The molecular weight excluding hydrogens is 181 g/mol. The number of pyridine rings is 1. The number of aromatic nitrogens is 1. The van der Waals surface area contributed by atoms with Crippen LogP contribution in [0.5, 0.6) is 0 Å². The fraction of sp³-hybridized carbons (Fsp3) is 0.545. The zero-order valence-corrected chi connectivity index (χ0v) is 8.20. The summed E-state index contributed by atoms with van der Waals surface area (Å²) < 4.78 is 13.4. The summed E-state index contributed by atoms with van der Waals surface area (Å²) in [5.74, 6) is 0.0664. The van der Waals surface area contributed by atoms with Gasteiger partial charge in [-0.25, -0.2) is 4.39 Å². The number of aliphatic hydroxyl groups is 1. The predicted molar refractivity (Wildman–Crippen MR) is 51.1 cm³/mol. The van der Waals surface area contributed by atoms with Crippen LogP contribution in [0.15, 0.2) is 18.5 Å². The summed E-state index contributed by atoms with van der Waals surface area (Å²) in [6.45, 7) is 2.08. The Balaban J connectivity index is 2.35. The van der Waals surface area contributed by atoms with Gasteiger partial charge in [0.1, 0.15) is 5.82 Å². The van der Waals surface area contributed by atoms with Gasteiger partial charge in [-0.3, -0.25) is 4.98 Å². The molecule has 0 aromatic carbocycles. The number of hydrogen-bond acceptors (Lipinski definition) is 2. The van der Waals surface area contributed by atoms with Gasteiger partial charge >= 0.3 is 0 Å². The highest BCUT2D eigenvalue weighted by Gasteiger charge is 2.38. The van der Waals surface area contributed by atoms with E-state index in [-0.39, 0.29) is 0 Å². The third-order valence-corrected chi connectivity index (χ3v) is 3.01. The van der Waals surface area contributed by atoms with Gasteiger partial charge in [0.2, 0.25) is 0 Å². The van der Waals surface area contributed by atoms with E-state index in [0.717, 1.165) is 12.6 Å². The quantitative estimate of drug-likeness (QED) is 0.745. The molecule has 76 valence electrons. The molecule has 0 saturated heterocycles. The Morgan fingerprint density at radius 1 is 1.64 bits per heavy atom. The van der Waals surface area contributed by atoms with Crippen molar-refractivity contribution in [3.05, 3.63) is 29.8 Å². The average Bonchev–Trinajstić information content (AvgIpc) is 2.48. The van der Waals surface area contributed by atoms with Crippen LogP contribution >= 0.6 is 0 Å². The third kappa shape index (κ3) is 1.52. The van der Waals surface area contributed by atoms with E-state index in [1.165, 1.54) is 6.20 Å². The minimum absolute atomic E-state index is 0.399. The maximum atomic E-state index is 13.4. The molecule has 14 heavy (non-hydrogen) atoms. The van der Waals surface area contributed by atoms with Crippen molar-refractivity contribution in [1.29, 1.82) is 0 Å². The second kappa shape index (κ2) is 3.31. The molecule has 1 aliphatic rings. The fourth-order valence-corrected chi connectivity index (χ4v) is 2.26. The molecule has 1 aliphatic carbocycles. The van der Waals surface area contributed by atoms with E-state index in [1.807, 2.05) is 0 Å². The van der Waals surface area contributed by atoms with E-state index in [1.54, 1.807) is 6.07 Å². The second-order valence-corrected chi connectivity index (χ2v) is 4.24. The Labute approximate surface area is 82.8 Å². The van der Waals surface area contributed by atoms with Gasteiger partial charge in [-0.05, 0) is 31.2 Å². The molecule has 0 amide bonds. The first-order chi connectivity index (χ1) is 6.62. The Hall–Kier alpha value is -0.960. The molecule has 2 atom stereocenters. The van der Waals surface area contributed by atoms with Crippen molar-refractivity contribution < 1.29 is 9.50 Å². The predicted octanol–water partition coefficient (Wildman–Crippen LogP) is 2.23. The first kappa shape index (κ1) is 9.59. The van der Waals surface area contributed by atoms with Gasteiger partial charge in [-0.1, -0.05) is 6.92 Å². The Morgan fingerprint density at radius 3 is 3.00 bits per heavy atom. The number of hydrogen-bond donors (Lipinski definition) is 1. The molecule has 1 aromatic rings. The first-order valence-electron chi connectivity index (χ1n) is 4.94. The summed E-state index contributed by atoms with van der Waals surface area (Å²) in [5, 5.41) is 10.2. The van der Waals surface area contributed by atoms with Crippen LogP contribution < -0.4 is 0 Å². The lowest BCUT2D eigenvalue weighted by atomic mass is 9.92. The highest BCUT2D eigenvalue weighted by molar-refractivity contribution is 5.22. The van der Waals surface area contributed by atoms with Crippen molar-refractivity contribution in [2.24, 2.45) is 5.92 Å². The molecule has 2 nitrogen and oxygen atoms in total. The van der Waals surface area contributed by atoms with E-state index in [2.05, 4.69) is 11.9 Å². The summed E-state index contributed by atoms with van der Waals surface area (Å²) in [6.07, 6.45) is 4.94. The summed E-state index contributed by atoms with van der Waals surface area (Å²) in [7, 11) is 0. The van der Waals surface area contributed by atoms with Gasteiger partial charge in [0.05, 0.1) is 11.8 Å². The lowest BCUT2D eigenvalue weighted by Gasteiger charge is -2.23. The molecule has 0 aliphatic heterocycles. The Bertz CT molecular complexity index is 342. The largest absolute Gasteiger partial charge is 0.385 e. The fourth-order valence-electron chi connectivity index (χ4n) is 2.26. The van der Waals surface area contributed by atoms with Gasteiger partial charge in [-0.2, -0.15) is 0 Å². The molecule has 2 unspecified atom stereocenters. The van der Waals surface area contributed by atoms with Crippen molar-refractivity contribution in [3.63, 3.8) is 0 Å². The van der Waals surface area contributed by atoms with Crippen LogP contribution in [0, 0.1) is 11.7 Å². The molecule has 0 bridgehead atoms. The summed E-state index contributed by atoms with van der Waals surface area (Å²) in [6, 6.07) is 1.58. The lowest BCUT2D eigenvalue weighted by Crippen LogP contribution is -2.23. The number of nitrogens with zero attached hydrogens (tertiary/aromatic N) is 1. The molecule has 1 fully saturated rings. The summed E-state index contributed by atoms with van der Waals surface area (Å²) >= 11 is 0. The van der Waals surface area contributed by atoms with Gasteiger partial charge in [-0.15, -0.1) is 0 Å². The minimum Gasteiger partial charge on any atom is -0.385 e. The molecular formula is C11H14FNO. The molecule has 3 heteroatoms. The van der Waals surface area contributed by atoms with E-state index < -0.39 is 11.4 Å². The minimum atomic E-state index is -0.966. The van der Waals surface area contributed by atoms with Gasteiger partial charge in [0, 0.05) is 11.8 Å². The molecule has 0 radical (unpaired) electrons. The molecule has 0 spiro atoms. The molecule has 2 rings (SSSR count). The maximum absolute atomic E-state index is 13.4. The Morgan fingerprint density at radius 2 is 2.43 bits per heavy atom. The van der Waals surface area contributed by atoms with Crippen LogP contribution in [0.2, 0.25) is 0 Å². The van der Waals surface area contributed by atoms with Crippen LogP contribution in [0.25, 0.3) is 0 Å². The average molecular weight is 195 g/mol. The zero-order valence-electron chi connectivity index (χ0n) is 8.20. The highest BCUT2D eigenvalue weighted by atomic mass is 19.1. The van der Waals surface area contributed by atoms with Crippen molar-refractivity contribution >= 4 is 0 Å². The topological polar surface area (TPSA) is 33.1 Å². The van der Waals surface area contributed by atoms with Crippen LogP contribution in [-0.4, -0.2) is 10.1 Å². The van der Waals surface area contributed by atoms with E-state index in [9.17, 15) is 9.50 Å². The molecule has 1 N–H and O–H groups in total. The normalized spacial score (nSPS) is 32.1. The number of rotatable bonds is 1.